The topological polar surface area (TPSA) is 37.4 Å². The lowest BCUT2D eigenvalue weighted by atomic mass is 10.6. The van der Waals surface area contributed by atoms with Crippen LogP contribution in [0.5, 0.6) is 0 Å². The zero-order valence-corrected chi connectivity index (χ0v) is 7.33. The molecule has 0 aliphatic carbocycles. The van der Waals surface area contributed by atoms with E-state index in [2.05, 4.69) is 5.92 Å². The van der Waals surface area contributed by atoms with Crippen molar-refractivity contribution in [2.75, 3.05) is 20.6 Å². The van der Waals surface area contributed by atoms with Gasteiger partial charge in [0.15, 0.2) is 0 Å². The molecule has 0 radical (unpaired) electrons. The van der Waals surface area contributed by atoms with E-state index in [-0.39, 0.29) is 0 Å². The van der Waals surface area contributed by atoms with Crippen molar-refractivity contribution in [2.45, 2.75) is 0 Å². The molecule has 0 atom stereocenters. The molecule has 0 spiro atoms. The van der Waals surface area contributed by atoms with Crippen molar-refractivity contribution in [1.29, 1.82) is 0 Å². The number of hydrogen-bond acceptors (Lipinski definition) is 3. The van der Waals surface area contributed by atoms with E-state index in [1.165, 1.54) is 0 Å². The summed E-state index contributed by atoms with van der Waals surface area (Å²) >= 11 is 0. The minimum absolute atomic E-state index is 0.395. The van der Waals surface area contributed by atoms with Gasteiger partial charge in [-0.25, -0.2) is 0 Å². The second-order valence-corrected chi connectivity index (χ2v) is 4.25. The molecule has 0 heterocycles. The van der Waals surface area contributed by atoms with E-state index in [0.29, 0.717) is 6.54 Å². The molecule has 0 aromatic rings. The van der Waals surface area contributed by atoms with Gasteiger partial charge >= 0.3 is 9.05 Å². The Kier molecular flexibility index (Phi) is 3.72. The lowest BCUT2D eigenvalue weighted by Gasteiger charge is -1.99. The van der Waals surface area contributed by atoms with Crippen LogP contribution >= 0.6 is 10.7 Å². The molecule has 0 amide bonds. The maximum absolute atomic E-state index is 10.2. The fourth-order valence-electron chi connectivity index (χ4n) is 0.277. The largest absolute Gasteiger partial charge is 0.300 e. The summed E-state index contributed by atoms with van der Waals surface area (Å²) in [6.45, 7) is 0.395. The van der Waals surface area contributed by atoms with Crippen LogP contribution in [0.15, 0.2) is 0 Å². The van der Waals surface area contributed by atoms with Crippen molar-refractivity contribution in [3.63, 3.8) is 0 Å². The third kappa shape index (κ3) is 7.76. The summed E-state index contributed by atoms with van der Waals surface area (Å²) in [7, 11) is 4.74. The van der Waals surface area contributed by atoms with Crippen LogP contribution in [0, 0.1) is 11.2 Å². The highest BCUT2D eigenvalue weighted by molar-refractivity contribution is 8.17. The van der Waals surface area contributed by atoms with Gasteiger partial charge in [0.05, 0.1) is 6.54 Å². The van der Waals surface area contributed by atoms with Crippen molar-refractivity contribution in [3.05, 3.63) is 0 Å². The fourth-order valence-corrected chi connectivity index (χ4v) is 0.677. The Labute approximate surface area is 65.4 Å². The highest BCUT2D eigenvalue weighted by Gasteiger charge is 1.94. The molecule has 5 heteroatoms. The van der Waals surface area contributed by atoms with Gasteiger partial charge in [0.2, 0.25) is 0 Å². The predicted molar refractivity (Wildman–Crippen MR) is 41.1 cm³/mol. The van der Waals surface area contributed by atoms with Crippen molar-refractivity contribution in [3.8, 4) is 11.2 Å². The Morgan fingerprint density at radius 3 is 2.30 bits per heavy atom. The summed E-state index contributed by atoms with van der Waals surface area (Å²) in [6, 6.07) is 0. The molecule has 0 saturated carbocycles. The number of halogens is 1. The van der Waals surface area contributed by atoms with Gasteiger partial charge in [-0.1, -0.05) is 5.92 Å². The first kappa shape index (κ1) is 9.76. The smallest absolute Gasteiger partial charge is 0.298 e. The lowest BCUT2D eigenvalue weighted by molar-refractivity contribution is 0.464. The molecule has 0 saturated heterocycles. The third-order valence-electron chi connectivity index (χ3n) is 0.589. The van der Waals surface area contributed by atoms with Crippen LogP contribution < -0.4 is 0 Å². The fraction of sp³-hybridized carbons (Fsp3) is 0.600. The molecule has 3 nitrogen and oxygen atoms in total. The number of rotatable bonds is 1. The summed E-state index contributed by atoms with van der Waals surface area (Å²) in [5.74, 6) is 2.38. The SMILES string of the molecule is CN(C)CC#CS(=O)(=O)Cl. The zero-order chi connectivity index (χ0) is 8.20. The maximum atomic E-state index is 10.2. The quantitative estimate of drug-likeness (QED) is 0.425. The summed E-state index contributed by atoms with van der Waals surface area (Å²) < 4.78 is 20.4. The molecule has 0 bridgehead atoms. The van der Waals surface area contributed by atoms with Gasteiger partial charge in [-0.3, -0.25) is 4.90 Å². The lowest BCUT2D eigenvalue weighted by Crippen LogP contribution is -2.10. The standard InChI is InChI=1S/C5H8ClNO2S/c1-7(2)4-3-5-10(6,8)9/h4H2,1-2H3. The van der Waals surface area contributed by atoms with Gasteiger partial charge in [-0.15, -0.1) is 0 Å². The average Bonchev–Trinajstić information content (AvgIpc) is 1.59. The molecule has 58 valence electrons. The van der Waals surface area contributed by atoms with Crippen LogP contribution in [0.4, 0.5) is 0 Å². The monoisotopic (exact) mass is 181 g/mol. The molecular weight excluding hydrogens is 174 g/mol. The van der Waals surface area contributed by atoms with Crippen LogP contribution in [0.2, 0.25) is 0 Å². The van der Waals surface area contributed by atoms with E-state index >= 15 is 0 Å². The Balaban J connectivity index is 3.96. The normalized spacial score (nSPS) is 10.8. The Hall–Kier alpha value is -0.240. The van der Waals surface area contributed by atoms with Gasteiger partial charge in [-0.05, 0) is 14.1 Å². The van der Waals surface area contributed by atoms with Gasteiger partial charge in [0.1, 0.15) is 0 Å². The van der Waals surface area contributed by atoms with Gasteiger partial charge in [0, 0.05) is 15.9 Å². The highest BCUT2D eigenvalue weighted by atomic mass is 35.7. The van der Waals surface area contributed by atoms with E-state index in [1.807, 2.05) is 5.25 Å². The molecule has 0 aliphatic rings. The second-order valence-electron chi connectivity index (χ2n) is 1.95. The van der Waals surface area contributed by atoms with Crippen molar-refractivity contribution >= 4 is 19.7 Å². The Bertz CT molecular complexity index is 247. The molecule has 0 fully saturated rings. The summed E-state index contributed by atoms with van der Waals surface area (Å²) in [5.41, 5.74) is 0. The summed E-state index contributed by atoms with van der Waals surface area (Å²) in [6.07, 6.45) is 0. The highest BCUT2D eigenvalue weighted by Crippen LogP contribution is 1.90. The van der Waals surface area contributed by atoms with E-state index < -0.39 is 9.05 Å². The van der Waals surface area contributed by atoms with Crippen LogP contribution in [0.3, 0.4) is 0 Å². The van der Waals surface area contributed by atoms with Gasteiger partial charge in [-0.2, -0.15) is 8.42 Å². The number of nitrogens with zero attached hydrogens (tertiary/aromatic N) is 1. The van der Waals surface area contributed by atoms with Crippen molar-refractivity contribution in [2.24, 2.45) is 0 Å². The Morgan fingerprint density at radius 2 is 2.00 bits per heavy atom. The third-order valence-corrected chi connectivity index (χ3v) is 1.21. The zero-order valence-electron chi connectivity index (χ0n) is 5.76. The molecule has 0 aliphatic heterocycles. The summed E-state index contributed by atoms with van der Waals surface area (Å²) in [4.78, 5) is 1.75. The van der Waals surface area contributed by atoms with E-state index in [9.17, 15) is 8.42 Å². The van der Waals surface area contributed by atoms with Crippen LogP contribution in [0.1, 0.15) is 0 Å². The summed E-state index contributed by atoms with van der Waals surface area (Å²) in [5, 5.41) is 1.90. The molecule has 10 heavy (non-hydrogen) atoms. The molecule has 0 aromatic heterocycles. The van der Waals surface area contributed by atoms with Crippen molar-refractivity contribution < 1.29 is 8.42 Å². The van der Waals surface area contributed by atoms with Crippen molar-refractivity contribution in [1.82, 2.24) is 4.90 Å². The minimum Gasteiger partial charge on any atom is -0.298 e. The second kappa shape index (κ2) is 3.81. The van der Waals surface area contributed by atoms with Gasteiger partial charge < -0.3 is 0 Å². The maximum Gasteiger partial charge on any atom is 0.300 e. The average molecular weight is 182 g/mol. The first-order chi connectivity index (χ1) is 4.42. The molecule has 0 rings (SSSR count). The van der Waals surface area contributed by atoms with E-state index in [4.69, 9.17) is 10.7 Å². The van der Waals surface area contributed by atoms with E-state index in [1.54, 1.807) is 19.0 Å². The molecule has 0 N–H and O–H groups in total. The van der Waals surface area contributed by atoms with Crippen LogP contribution in [0.25, 0.3) is 0 Å². The first-order valence-electron chi connectivity index (χ1n) is 2.51. The molecular formula is C5H8ClNO2S. The van der Waals surface area contributed by atoms with E-state index in [0.717, 1.165) is 0 Å². The minimum atomic E-state index is -3.64. The van der Waals surface area contributed by atoms with Gasteiger partial charge in [0.25, 0.3) is 0 Å². The predicted octanol–water partition coefficient (Wildman–Crippen LogP) is 0.0775. The first-order valence-corrected chi connectivity index (χ1v) is 4.82. The number of hydrogen-bond donors (Lipinski definition) is 0. The van der Waals surface area contributed by atoms with Crippen LogP contribution in [-0.4, -0.2) is 34.0 Å². The van der Waals surface area contributed by atoms with Crippen LogP contribution in [-0.2, 0) is 9.05 Å². The molecule has 0 unspecified atom stereocenters. The Morgan fingerprint density at radius 1 is 1.50 bits per heavy atom. The molecule has 0 aromatic carbocycles.